The fraction of sp³-hybridized carbons (Fsp3) is 0.600. The van der Waals surface area contributed by atoms with Crippen molar-refractivity contribution in [2.75, 3.05) is 0 Å². The van der Waals surface area contributed by atoms with E-state index in [1.54, 1.807) is 13.8 Å². The van der Waals surface area contributed by atoms with Gasteiger partial charge in [-0.3, -0.25) is 0 Å². The molecule has 1 aliphatic rings. The summed E-state index contributed by atoms with van der Waals surface area (Å²) in [5.41, 5.74) is -1.18. The first kappa shape index (κ1) is 16.0. The zero-order valence-corrected chi connectivity index (χ0v) is 11.8. The average Bonchev–Trinajstić information content (AvgIpc) is 3.08. The highest BCUT2D eigenvalue weighted by Crippen LogP contribution is 2.52. The van der Waals surface area contributed by atoms with Crippen LogP contribution in [0.15, 0.2) is 12.1 Å². The van der Waals surface area contributed by atoms with Gasteiger partial charge in [0.2, 0.25) is 0 Å². The lowest BCUT2D eigenvalue weighted by atomic mass is 9.90. The first-order valence-corrected chi connectivity index (χ1v) is 6.68. The van der Waals surface area contributed by atoms with E-state index in [1.807, 2.05) is 13.8 Å². The van der Waals surface area contributed by atoms with Gasteiger partial charge in [0.1, 0.15) is 5.82 Å². The Balaban J connectivity index is 0.000000861. The molecule has 0 bridgehead atoms. The van der Waals surface area contributed by atoms with Crippen molar-refractivity contribution in [3.63, 3.8) is 0 Å². The quantitative estimate of drug-likeness (QED) is 0.627. The Hall–Kier alpha value is -1.06. The van der Waals surface area contributed by atoms with E-state index in [-0.39, 0.29) is 5.56 Å². The summed E-state index contributed by atoms with van der Waals surface area (Å²) in [6.45, 7) is 7.40. The van der Waals surface area contributed by atoms with Gasteiger partial charge in [0.25, 0.3) is 0 Å². The Labute approximate surface area is 111 Å². The monoisotopic (exact) mass is 276 g/mol. The standard InChI is InChI=1S/C13H14F4.C2H6/c1-3-8-6-9(13(15,16)17)11(10(14)7-8)12(2)4-5-12;1-2/h6-7H,3-5H2,1-2H3;1-2H3. The average molecular weight is 276 g/mol. The first-order chi connectivity index (χ1) is 8.78. The molecule has 0 saturated heterocycles. The van der Waals surface area contributed by atoms with E-state index in [0.717, 1.165) is 6.07 Å². The van der Waals surface area contributed by atoms with Gasteiger partial charge >= 0.3 is 6.18 Å². The van der Waals surface area contributed by atoms with Crippen molar-refractivity contribution in [1.82, 2.24) is 0 Å². The number of aryl methyl sites for hydroxylation is 1. The van der Waals surface area contributed by atoms with Crippen LogP contribution in [0.1, 0.15) is 57.2 Å². The Bertz CT molecular complexity index is 442. The minimum Gasteiger partial charge on any atom is -0.207 e. The molecule has 0 unspecified atom stereocenters. The highest BCUT2D eigenvalue weighted by atomic mass is 19.4. The molecule has 2 rings (SSSR count). The van der Waals surface area contributed by atoms with Gasteiger partial charge in [0.15, 0.2) is 0 Å². The van der Waals surface area contributed by atoms with Gasteiger partial charge in [0.05, 0.1) is 5.56 Å². The Morgan fingerprint density at radius 2 is 1.68 bits per heavy atom. The van der Waals surface area contributed by atoms with Crippen LogP contribution in [0, 0.1) is 5.82 Å². The Kier molecular flexibility index (Phi) is 4.64. The predicted octanol–water partition coefficient (Wildman–Crippen LogP) is 5.48. The van der Waals surface area contributed by atoms with Gasteiger partial charge in [-0.05, 0) is 42.4 Å². The molecule has 1 fully saturated rings. The second kappa shape index (κ2) is 5.51. The van der Waals surface area contributed by atoms with E-state index in [1.165, 1.54) is 6.07 Å². The van der Waals surface area contributed by atoms with Gasteiger partial charge in [0, 0.05) is 5.56 Å². The number of halogens is 4. The van der Waals surface area contributed by atoms with Crippen LogP contribution in [0.25, 0.3) is 0 Å². The fourth-order valence-electron chi connectivity index (χ4n) is 2.14. The van der Waals surface area contributed by atoms with Gasteiger partial charge in [-0.25, -0.2) is 4.39 Å². The summed E-state index contributed by atoms with van der Waals surface area (Å²) in [5.74, 6) is -0.711. The second-order valence-electron chi connectivity index (χ2n) is 4.91. The molecule has 4 heteroatoms. The zero-order valence-electron chi connectivity index (χ0n) is 11.8. The molecule has 0 atom stereocenters. The SMILES string of the molecule is CC.CCc1cc(F)c(C2(C)CC2)c(C(F)(F)F)c1. The first-order valence-electron chi connectivity index (χ1n) is 6.68. The maximum Gasteiger partial charge on any atom is 0.416 e. The van der Waals surface area contributed by atoms with Crippen LogP contribution >= 0.6 is 0 Å². The van der Waals surface area contributed by atoms with Crippen LogP contribution in [0.3, 0.4) is 0 Å². The minimum atomic E-state index is -4.48. The summed E-state index contributed by atoms with van der Waals surface area (Å²) in [4.78, 5) is 0. The molecule has 19 heavy (non-hydrogen) atoms. The van der Waals surface area contributed by atoms with Crippen molar-refractivity contribution in [2.45, 2.75) is 58.5 Å². The molecule has 0 amide bonds. The van der Waals surface area contributed by atoms with Crippen molar-refractivity contribution in [1.29, 1.82) is 0 Å². The molecular formula is C15H20F4. The lowest BCUT2D eigenvalue weighted by Gasteiger charge is -2.19. The van der Waals surface area contributed by atoms with Gasteiger partial charge < -0.3 is 0 Å². The highest BCUT2D eigenvalue weighted by molar-refractivity contribution is 5.43. The van der Waals surface area contributed by atoms with E-state index in [9.17, 15) is 17.6 Å². The van der Waals surface area contributed by atoms with E-state index in [4.69, 9.17) is 0 Å². The predicted molar refractivity (Wildman–Crippen MR) is 68.7 cm³/mol. The largest absolute Gasteiger partial charge is 0.416 e. The fourth-order valence-corrected chi connectivity index (χ4v) is 2.14. The molecule has 1 saturated carbocycles. The third kappa shape index (κ3) is 3.28. The molecule has 0 nitrogen and oxygen atoms in total. The lowest BCUT2D eigenvalue weighted by molar-refractivity contribution is -0.138. The molecule has 108 valence electrons. The van der Waals surface area contributed by atoms with Gasteiger partial charge in [-0.15, -0.1) is 0 Å². The summed E-state index contributed by atoms with van der Waals surface area (Å²) in [6.07, 6.45) is -2.83. The normalized spacial score (nSPS) is 16.6. The van der Waals surface area contributed by atoms with Crippen LogP contribution in [0.2, 0.25) is 0 Å². The molecule has 0 radical (unpaired) electrons. The van der Waals surface area contributed by atoms with Crippen molar-refractivity contribution in [3.05, 3.63) is 34.6 Å². The minimum absolute atomic E-state index is 0.151. The van der Waals surface area contributed by atoms with Crippen LogP contribution in [-0.2, 0) is 18.0 Å². The van der Waals surface area contributed by atoms with E-state index < -0.39 is 23.0 Å². The smallest absolute Gasteiger partial charge is 0.207 e. The third-order valence-electron chi connectivity index (χ3n) is 3.47. The Morgan fingerprint density at radius 3 is 2.05 bits per heavy atom. The molecular weight excluding hydrogens is 256 g/mol. The maximum atomic E-state index is 13.9. The lowest BCUT2D eigenvalue weighted by Crippen LogP contribution is -2.17. The molecule has 0 aromatic heterocycles. The maximum absolute atomic E-state index is 13.9. The van der Waals surface area contributed by atoms with Crippen LogP contribution < -0.4 is 0 Å². The highest BCUT2D eigenvalue weighted by Gasteiger charge is 2.47. The van der Waals surface area contributed by atoms with Crippen LogP contribution in [0.4, 0.5) is 17.6 Å². The molecule has 1 aromatic carbocycles. The molecule has 0 spiro atoms. The van der Waals surface area contributed by atoms with Crippen LogP contribution in [-0.4, -0.2) is 0 Å². The van der Waals surface area contributed by atoms with Crippen molar-refractivity contribution >= 4 is 0 Å². The van der Waals surface area contributed by atoms with Crippen molar-refractivity contribution in [3.8, 4) is 0 Å². The molecule has 1 aromatic rings. The second-order valence-corrected chi connectivity index (χ2v) is 4.91. The molecule has 0 aliphatic heterocycles. The summed E-state index contributed by atoms with van der Waals surface area (Å²) >= 11 is 0. The zero-order chi connectivity index (χ0) is 14.8. The van der Waals surface area contributed by atoms with Crippen LogP contribution in [0.5, 0.6) is 0 Å². The molecule has 1 aliphatic carbocycles. The third-order valence-corrected chi connectivity index (χ3v) is 3.47. The number of benzene rings is 1. The van der Waals surface area contributed by atoms with E-state index in [2.05, 4.69) is 0 Å². The summed E-state index contributed by atoms with van der Waals surface area (Å²) < 4.78 is 52.7. The number of alkyl halides is 3. The number of hydrogen-bond donors (Lipinski definition) is 0. The molecule has 0 N–H and O–H groups in total. The van der Waals surface area contributed by atoms with Crippen molar-refractivity contribution < 1.29 is 17.6 Å². The molecule has 0 heterocycles. The topological polar surface area (TPSA) is 0 Å². The van der Waals surface area contributed by atoms with Gasteiger partial charge in [-0.1, -0.05) is 27.7 Å². The summed E-state index contributed by atoms with van der Waals surface area (Å²) in [7, 11) is 0. The summed E-state index contributed by atoms with van der Waals surface area (Å²) in [6, 6.07) is 2.32. The van der Waals surface area contributed by atoms with Gasteiger partial charge in [-0.2, -0.15) is 13.2 Å². The van der Waals surface area contributed by atoms with E-state index in [0.29, 0.717) is 24.8 Å². The Morgan fingerprint density at radius 1 is 1.16 bits per heavy atom. The number of rotatable bonds is 2. The van der Waals surface area contributed by atoms with E-state index >= 15 is 0 Å². The number of hydrogen-bond acceptors (Lipinski definition) is 0. The summed E-state index contributed by atoms with van der Waals surface area (Å²) in [5, 5.41) is 0. The van der Waals surface area contributed by atoms with Crippen molar-refractivity contribution in [2.24, 2.45) is 0 Å².